The third kappa shape index (κ3) is 8.67. The van der Waals surface area contributed by atoms with Gasteiger partial charge >= 0.3 is 11.9 Å². The molecule has 296 valence electrons. The fraction of sp³-hybridized carbons (Fsp3) is 0.277. The van der Waals surface area contributed by atoms with Gasteiger partial charge in [0.2, 0.25) is 0 Å². The van der Waals surface area contributed by atoms with Crippen molar-refractivity contribution in [2.24, 2.45) is 0 Å². The zero-order valence-electron chi connectivity index (χ0n) is 32.1. The number of unbranched alkanes of at least 4 members (excludes halogenated alkanes) is 3. The Morgan fingerprint density at radius 2 is 1.48 bits per heavy atom. The van der Waals surface area contributed by atoms with E-state index in [1.54, 1.807) is 9.80 Å². The first-order chi connectivity index (χ1) is 28.2. The summed E-state index contributed by atoms with van der Waals surface area (Å²) in [6.45, 7) is 0.636. The fourth-order valence-electron chi connectivity index (χ4n) is 8.61. The number of carboxylic acids is 2. The maximum absolute atomic E-state index is 13.6. The number of carboxylic acid groups (broad SMARTS) is 2. The molecule has 0 bridgehead atoms. The maximum Gasteiger partial charge on any atom is 0.323 e. The molecule has 0 aromatic heterocycles. The van der Waals surface area contributed by atoms with Crippen molar-refractivity contribution in [1.82, 2.24) is 9.80 Å². The van der Waals surface area contributed by atoms with Gasteiger partial charge in [0, 0.05) is 41.2 Å². The van der Waals surface area contributed by atoms with Gasteiger partial charge in [-0.2, -0.15) is 0 Å². The van der Waals surface area contributed by atoms with E-state index in [0.717, 1.165) is 48.1 Å². The highest BCUT2D eigenvalue weighted by molar-refractivity contribution is 8.27. The van der Waals surface area contributed by atoms with Crippen LogP contribution in [0.2, 0.25) is 0 Å². The van der Waals surface area contributed by atoms with E-state index in [9.17, 15) is 19.5 Å². The summed E-state index contributed by atoms with van der Waals surface area (Å²) >= 11 is 8.29. The highest BCUT2D eigenvalue weighted by Gasteiger charge is 2.42. The Bertz CT molecular complexity index is 2270. The number of aliphatic carboxylic acids is 2. The lowest BCUT2D eigenvalue weighted by Gasteiger charge is -2.27. The molecule has 0 radical (unpaired) electrons. The number of rotatable bonds is 14. The van der Waals surface area contributed by atoms with Crippen LogP contribution in [0.4, 0.5) is 11.4 Å². The highest BCUT2D eigenvalue weighted by Crippen LogP contribution is 2.53. The normalized spacial score (nSPS) is 20.6. The van der Waals surface area contributed by atoms with Crippen molar-refractivity contribution in [2.75, 3.05) is 24.5 Å². The number of fused-ring (bicyclic) bond motifs is 3. The average molecular weight is 828 g/mol. The van der Waals surface area contributed by atoms with Crippen LogP contribution in [0.3, 0.4) is 0 Å². The molecule has 58 heavy (non-hydrogen) atoms. The molecule has 3 aliphatic heterocycles. The molecule has 2 saturated heterocycles. The van der Waals surface area contributed by atoms with Crippen molar-refractivity contribution in [2.45, 2.75) is 63.3 Å². The molecule has 2 unspecified atom stereocenters. The molecule has 1 aliphatic carbocycles. The summed E-state index contributed by atoms with van der Waals surface area (Å²) in [7, 11) is 0. The lowest BCUT2D eigenvalue weighted by Crippen LogP contribution is -2.30. The van der Waals surface area contributed by atoms with Crippen LogP contribution in [0, 0.1) is 0 Å². The zero-order valence-corrected chi connectivity index (χ0v) is 34.5. The van der Waals surface area contributed by atoms with E-state index < -0.39 is 11.9 Å². The third-order valence-electron chi connectivity index (χ3n) is 11.3. The number of amides is 1. The molecule has 0 spiro atoms. The Morgan fingerprint density at radius 3 is 2.17 bits per heavy atom. The summed E-state index contributed by atoms with van der Waals surface area (Å²) in [5, 5.41) is 19.3. The van der Waals surface area contributed by atoms with Gasteiger partial charge in [0.1, 0.15) is 15.8 Å². The van der Waals surface area contributed by atoms with E-state index in [4.69, 9.17) is 17.3 Å². The Kier molecular flexibility index (Phi) is 12.2. The molecule has 2 N–H and O–H groups in total. The molecular weight excluding hydrogens is 783 g/mol. The largest absolute Gasteiger partial charge is 0.481 e. The number of carbonyl (C=O) groups is 3. The summed E-state index contributed by atoms with van der Waals surface area (Å²) in [4.78, 5) is 43.8. The van der Waals surface area contributed by atoms with Crippen molar-refractivity contribution >= 4 is 87.0 Å². The number of thiocarbonyl (C=S) groups is 1. The molecule has 4 aromatic carbocycles. The molecule has 4 aliphatic rings. The summed E-state index contributed by atoms with van der Waals surface area (Å²) in [6, 6.07) is 37.1. The minimum absolute atomic E-state index is 0.143. The lowest BCUT2D eigenvalue weighted by atomic mass is 9.95. The van der Waals surface area contributed by atoms with Gasteiger partial charge in [-0.25, -0.2) is 0 Å². The van der Waals surface area contributed by atoms with Crippen LogP contribution in [-0.4, -0.2) is 67.9 Å². The van der Waals surface area contributed by atoms with E-state index in [1.165, 1.54) is 63.6 Å². The molecule has 3 heterocycles. The molecule has 8 rings (SSSR count). The molecular formula is C47H45N3O5S3. The van der Waals surface area contributed by atoms with Gasteiger partial charge in [-0.05, 0) is 95.5 Å². The number of carbonyl (C=O) groups excluding carboxylic acids is 1. The van der Waals surface area contributed by atoms with Crippen LogP contribution in [0.5, 0.6) is 0 Å². The van der Waals surface area contributed by atoms with E-state index in [1.807, 2.05) is 12.1 Å². The van der Waals surface area contributed by atoms with Gasteiger partial charge in [-0.3, -0.25) is 19.3 Å². The second-order valence-electron chi connectivity index (χ2n) is 15.2. The molecule has 8 nitrogen and oxygen atoms in total. The van der Waals surface area contributed by atoms with Gasteiger partial charge in [0.05, 0.1) is 11.6 Å². The van der Waals surface area contributed by atoms with Crippen molar-refractivity contribution in [1.29, 1.82) is 0 Å². The predicted octanol–water partition coefficient (Wildman–Crippen LogP) is 10.6. The molecule has 1 saturated carbocycles. The standard InChI is InChI=1S/C47H45N3O5S3/c51-42(52)18-9-1-2-10-25-49-45(55)44(58-47(49)56)46-48(30-43(53)54)29-36(57-46)26-32-21-24-41-39(28-32)37-16-11-17-40(37)50(41)35-22-19-31(20-23-35)27-38(33-12-5-3-6-13-33)34-14-7-4-8-15-34/h3-8,12-15,19-24,26-28,37,40H,1-2,9-11,16-18,25,29-30H2,(H,51,52)(H,53,54)/b36-26+,46-44-. The first-order valence-electron chi connectivity index (χ1n) is 19.9. The van der Waals surface area contributed by atoms with Crippen LogP contribution in [0.1, 0.15) is 85.1 Å². The van der Waals surface area contributed by atoms with E-state index in [-0.39, 0.29) is 18.9 Å². The van der Waals surface area contributed by atoms with E-state index in [0.29, 0.717) is 45.7 Å². The zero-order chi connectivity index (χ0) is 40.2. The smallest absolute Gasteiger partial charge is 0.323 e. The fourth-order valence-corrected chi connectivity index (χ4v) is 11.3. The number of hydrogen-bond donors (Lipinski definition) is 2. The number of benzene rings is 4. The Morgan fingerprint density at radius 1 is 0.793 bits per heavy atom. The molecule has 3 fully saturated rings. The summed E-state index contributed by atoms with van der Waals surface area (Å²) in [5.41, 5.74) is 9.55. The van der Waals surface area contributed by atoms with Crippen molar-refractivity contribution in [3.8, 4) is 0 Å². The summed E-state index contributed by atoms with van der Waals surface area (Å²) in [5.74, 6) is -1.52. The SMILES string of the molecule is O=C(O)CCCCCCN1C(=O)/C(=C2/S/C(=C/c3ccc4c(c3)C3CCCC3N4c3ccc(C=C(c4ccccc4)c4ccccc4)cc3)CN2CC(=O)O)SC1=S. The van der Waals surface area contributed by atoms with Gasteiger partial charge in [0.25, 0.3) is 5.91 Å². The number of hydrogen-bond acceptors (Lipinski definition) is 8. The molecule has 2 atom stereocenters. The molecule has 1 amide bonds. The maximum atomic E-state index is 13.6. The average Bonchev–Trinajstić information content (AvgIpc) is 3.99. The predicted molar refractivity (Wildman–Crippen MR) is 240 cm³/mol. The quantitative estimate of drug-likeness (QED) is 0.0553. The van der Waals surface area contributed by atoms with Crippen LogP contribution in [0.25, 0.3) is 17.7 Å². The Labute approximate surface area is 353 Å². The van der Waals surface area contributed by atoms with Crippen LogP contribution in [-0.2, 0) is 14.4 Å². The Hall–Kier alpha value is -5.10. The summed E-state index contributed by atoms with van der Waals surface area (Å²) < 4.78 is 0.468. The number of thioether (sulfide) groups is 2. The minimum Gasteiger partial charge on any atom is -0.481 e. The topological polar surface area (TPSA) is 101 Å². The minimum atomic E-state index is -0.960. The van der Waals surface area contributed by atoms with Crippen molar-refractivity contribution in [3.05, 3.63) is 146 Å². The van der Waals surface area contributed by atoms with Crippen LogP contribution < -0.4 is 4.90 Å². The van der Waals surface area contributed by atoms with Crippen LogP contribution >= 0.6 is 35.7 Å². The first-order valence-corrected chi connectivity index (χ1v) is 22.0. The highest BCUT2D eigenvalue weighted by atomic mass is 32.2. The second-order valence-corrected chi connectivity index (χ2v) is 17.9. The van der Waals surface area contributed by atoms with Crippen molar-refractivity contribution in [3.63, 3.8) is 0 Å². The van der Waals surface area contributed by atoms with Gasteiger partial charge in [-0.1, -0.05) is 134 Å². The van der Waals surface area contributed by atoms with Gasteiger partial charge in [0.15, 0.2) is 0 Å². The molecule has 4 aromatic rings. The third-order valence-corrected chi connectivity index (χ3v) is 14.0. The first kappa shape index (κ1) is 39.7. The Balaban J connectivity index is 1.01. The van der Waals surface area contributed by atoms with Crippen LogP contribution in [0.15, 0.2) is 118 Å². The number of nitrogens with zero attached hydrogens (tertiary/aromatic N) is 3. The lowest BCUT2D eigenvalue weighted by molar-refractivity contribution is -0.138. The van der Waals surface area contributed by atoms with Gasteiger partial charge in [-0.15, -0.1) is 0 Å². The van der Waals surface area contributed by atoms with Crippen molar-refractivity contribution < 1.29 is 24.6 Å². The van der Waals surface area contributed by atoms with E-state index in [2.05, 4.69) is 108 Å². The summed E-state index contributed by atoms with van der Waals surface area (Å²) in [6.07, 6.45) is 10.9. The van der Waals surface area contributed by atoms with Gasteiger partial charge < -0.3 is 20.0 Å². The van der Waals surface area contributed by atoms with E-state index >= 15 is 0 Å². The monoisotopic (exact) mass is 827 g/mol. The number of anilines is 2. The second kappa shape index (κ2) is 17.8. The molecule has 11 heteroatoms.